The number of aliphatic hydroxyl groups excluding tert-OH is 8. The SMILES string of the molecule is C=CCOC(=O)N[C@@H]1[C@H](O)[C@H](O[C@H]2/C=C/C=C/C=C/C=C/C=C/C=C/C=C/[C@H](C)[C@@H](O)[C@@H](C)[C@H](C)OC(=O)C[C@H](O)C[C@H](O)CC[C@@H](O)[C@H](O)C[C@H](O)C[C@]3(O)C[C@H](OC(=O)OCC=C)[C@@H](NC(=O)N4C[C@@](O)(C(=O)O)[C@@](O)(C(=O)O)C4)[C@H](C2)O3)O[C@H](C)[C@H]1O. The maximum absolute atomic E-state index is 14.3. The van der Waals surface area contributed by atoms with Gasteiger partial charge in [-0.3, -0.25) is 4.79 Å². The van der Waals surface area contributed by atoms with Gasteiger partial charge in [-0.15, -0.1) is 0 Å². The Hall–Kier alpha value is -6.68. The monoisotopic (exact) mass is 1280 g/mol. The average Bonchev–Trinajstić information content (AvgIpc) is 1.60. The van der Waals surface area contributed by atoms with E-state index in [9.17, 15) is 95.2 Å². The van der Waals surface area contributed by atoms with E-state index in [0.29, 0.717) is 4.90 Å². The predicted octanol–water partition coefficient (Wildman–Crippen LogP) is 0.337. The zero-order valence-corrected chi connectivity index (χ0v) is 50.6. The Morgan fingerprint density at radius 2 is 1.20 bits per heavy atom. The number of amides is 3. The van der Waals surface area contributed by atoms with Crippen LogP contribution in [0.2, 0.25) is 0 Å². The molecule has 4 aliphatic rings. The van der Waals surface area contributed by atoms with Crippen molar-refractivity contribution < 1.29 is 128 Å². The summed E-state index contributed by atoms with van der Waals surface area (Å²) in [7, 11) is 0. The van der Waals surface area contributed by atoms with Crippen LogP contribution in [0.3, 0.4) is 0 Å². The molecule has 15 N–H and O–H groups in total. The van der Waals surface area contributed by atoms with Gasteiger partial charge in [0.2, 0.25) is 11.2 Å². The maximum Gasteiger partial charge on any atom is 0.508 e. The Balaban J connectivity index is 1.82. The van der Waals surface area contributed by atoms with Gasteiger partial charge >= 0.3 is 36.2 Å². The van der Waals surface area contributed by atoms with E-state index in [4.69, 9.17) is 33.2 Å². The van der Waals surface area contributed by atoms with E-state index in [1.165, 1.54) is 37.3 Å². The van der Waals surface area contributed by atoms with E-state index in [0.717, 1.165) is 0 Å². The number of carboxylic acid groups (broad SMARTS) is 2. The first-order valence-corrected chi connectivity index (χ1v) is 29.4. The Bertz CT molecular complexity index is 2580. The highest BCUT2D eigenvalue weighted by atomic mass is 16.7. The molecule has 3 saturated heterocycles. The molecule has 0 spiro atoms. The molecule has 0 unspecified atom stereocenters. The zero-order valence-electron chi connectivity index (χ0n) is 50.6. The number of rotatable bonds is 11. The topological polar surface area (TPSA) is 457 Å². The summed E-state index contributed by atoms with van der Waals surface area (Å²) >= 11 is 0. The number of carboxylic acids is 2. The molecule has 4 heterocycles. The van der Waals surface area contributed by atoms with Gasteiger partial charge in [-0.2, -0.15) is 0 Å². The Morgan fingerprint density at radius 3 is 1.77 bits per heavy atom. The minimum Gasteiger partial charge on any atom is -0.479 e. The molecule has 2 bridgehead atoms. The van der Waals surface area contributed by atoms with E-state index in [-0.39, 0.29) is 31.8 Å². The smallest absolute Gasteiger partial charge is 0.479 e. The van der Waals surface area contributed by atoms with Crippen LogP contribution in [0, 0.1) is 11.8 Å². The first-order chi connectivity index (χ1) is 42.4. The molecular weight excluding hydrogens is 1190 g/mol. The number of aliphatic carboxylic acids is 2. The van der Waals surface area contributed by atoms with Gasteiger partial charge in [0.1, 0.15) is 37.6 Å². The largest absolute Gasteiger partial charge is 0.508 e. The number of cyclic esters (lactones) is 1. The third kappa shape index (κ3) is 22.3. The first-order valence-electron chi connectivity index (χ1n) is 29.4. The quantitative estimate of drug-likeness (QED) is 0.0753. The van der Waals surface area contributed by atoms with E-state index < -0.39 is 209 Å². The molecule has 0 radical (unpaired) electrons. The Morgan fingerprint density at radius 1 is 0.644 bits per heavy atom. The number of aliphatic hydroxyl groups is 11. The minimum absolute atomic E-state index is 0.231. The third-order valence-corrected chi connectivity index (χ3v) is 15.7. The number of carbonyl (C=O) groups is 6. The second-order valence-corrected chi connectivity index (χ2v) is 22.8. The summed E-state index contributed by atoms with van der Waals surface area (Å²) in [5.41, 5.74) is -6.97. The molecule has 504 valence electrons. The van der Waals surface area contributed by atoms with E-state index in [2.05, 4.69) is 23.8 Å². The number of carbonyl (C=O) groups excluding carboxylic acids is 4. The van der Waals surface area contributed by atoms with Crippen molar-refractivity contribution in [2.24, 2.45) is 11.8 Å². The minimum atomic E-state index is -3.49. The van der Waals surface area contributed by atoms with Crippen molar-refractivity contribution in [2.45, 2.75) is 194 Å². The summed E-state index contributed by atoms with van der Waals surface area (Å²) < 4.78 is 39.8. The highest BCUT2D eigenvalue weighted by Gasteiger charge is 2.68. The van der Waals surface area contributed by atoms with Crippen molar-refractivity contribution >= 4 is 36.2 Å². The summed E-state index contributed by atoms with van der Waals surface area (Å²) in [5.74, 6) is -8.79. The zero-order chi connectivity index (χ0) is 67.1. The Kier molecular flexibility index (Phi) is 30.1. The molecule has 29 nitrogen and oxygen atoms in total. The molecule has 3 amide bonds. The van der Waals surface area contributed by atoms with Crippen molar-refractivity contribution in [3.8, 4) is 0 Å². The number of nitrogens with one attached hydrogen (secondary N) is 2. The van der Waals surface area contributed by atoms with Crippen molar-refractivity contribution in [2.75, 3.05) is 26.3 Å². The summed E-state index contributed by atoms with van der Waals surface area (Å²) in [6.07, 6.45) is -2.43. The molecule has 0 aromatic heterocycles. The van der Waals surface area contributed by atoms with Gasteiger partial charge in [-0.25, -0.2) is 24.0 Å². The standard InChI is InChI=1S/C61H89N3O26/c1-7-25-84-57(79)63-49-51(72)38(6)87-53(52(49)73)88-42-22-20-18-16-14-12-10-9-11-13-15-17-19-21-35(3)50(71)36(4)37(5)86-47(70)29-40(66)27-39(65)23-24-43(68)44(69)28-41(67)31-59(81)32-46(89-58(80)85-26-8-2)48(45(30-42)90-59)62-56(78)64-33-60(82,54(74)75)61(83,34-64)55(76)77/h7-22,35-46,48-53,65-69,71-73,81-83H,1-2,23-34H2,3-6H3,(H,62,78)(H,63,79)(H,74,75)(H,76,77)/b10-9+,13-11+,14-12+,17-15+,18-16+,21-19+,22-20+/t35-,36-,37-,38+,39+,40+,41-,42-,43+,44+,45-,46-,48-,49-,50+,51+,52-,53-,59+,60-,61+/m0/s1. The first kappa shape index (κ1) is 75.8. The number of alkyl carbamates (subject to hydrolysis) is 1. The number of β-amino-alcohol motifs (C(OH)–C–C–N with tert-alkyl or cyclic N) is 2. The predicted molar refractivity (Wildman–Crippen MR) is 316 cm³/mol. The van der Waals surface area contributed by atoms with Crippen molar-refractivity contribution in [3.63, 3.8) is 0 Å². The van der Waals surface area contributed by atoms with Crippen LogP contribution in [0.5, 0.6) is 0 Å². The number of ether oxygens (including phenoxy) is 7. The molecule has 90 heavy (non-hydrogen) atoms. The third-order valence-electron chi connectivity index (χ3n) is 15.7. The number of esters is 1. The number of urea groups is 1. The molecule has 21 atom stereocenters. The van der Waals surface area contributed by atoms with Crippen LogP contribution in [0.4, 0.5) is 14.4 Å². The maximum atomic E-state index is 14.3. The molecule has 0 saturated carbocycles. The second-order valence-electron chi connectivity index (χ2n) is 22.8. The van der Waals surface area contributed by atoms with Crippen molar-refractivity contribution in [3.05, 3.63) is 110 Å². The lowest BCUT2D eigenvalue weighted by Gasteiger charge is -2.47. The van der Waals surface area contributed by atoms with Gasteiger partial charge in [0.25, 0.3) is 0 Å². The number of fused-ring (bicyclic) bond motifs is 2. The fourth-order valence-corrected chi connectivity index (χ4v) is 10.4. The van der Waals surface area contributed by atoms with Crippen molar-refractivity contribution in [1.82, 2.24) is 15.5 Å². The molecule has 0 aromatic carbocycles. The summed E-state index contributed by atoms with van der Waals surface area (Å²) in [5, 5.41) is 148. The lowest BCUT2D eigenvalue weighted by molar-refractivity contribution is -0.303. The summed E-state index contributed by atoms with van der Waals surface area (Å²) in [6.45, 7) is 10.1. The average molecular weight is 1280 g/mol. The van der Waals surface area contributed by atoms with E-state index >= 15 is 0 Å². The molecule has 0 aromatic rings. The lowest BCUT2D eigenvalue weighted by atomic mass is 9.86. The van der Waals surface area contributed by atoms with Crippen molar-refractivity contribution in [1.29, 1.82) is 0 Å². The van der Waals surface area contributed by atoms with E-state index in [1.54, 1.807) is 87.6 Å². The normalized spacial score (nSPS) is 39.9. The van der Waals surface area contributed by atoms with Gasteiger partial charge in [-0.1, -0.05) is 124 Å². The molecule has 4 rings (SSSR count). The highest BCUT2D eigenvalue weighted by molar-refractivity contribution is 5.94. The molecule has 29 heteroatoms. The lowest BCUT2D eigenvalue weighted by Crippen LogP contribution is -2.65. The van der Waals surface area contributed by atoms with Gasteiger partial charge in [-0.05, 0) is 33.1 Å². The number of likely N-dealkylation sites (tertiary alicyclic amines) is 1. The van der Waals surface area contributed by atoms with Gasteiger partial charge < -0.3 is 115 Å². The van der Waals surface area contributed by atoms with Gasteiger partial charge in [0, 0.05) is 37.5 Å². The fourth-order valence-electron chi connectivity index (χ4n) is 10.4. The number of hydrogen-bond acceptors (Lipinski definition) is 24. The summed E-state index contributed by atoms with van der Waals surface area (Å²) in [4.78, 5) is 78.3. The molecular formula is C61H89N3O26. The van der Waals surface area contributed by atoms with Crippen LogP contribution in [0.15, 0.2) is 110 Å². The van der Waals surface area contributed by atoms with Crippen LogP contribution in [0.25, 0.3) is 0 Å². The van der Waals surface area contributed by atoms with Crippen LogP contribution in [-0.4, -0.2) is 248 Å². The summed E-state index contributed by atoms with van der Waals surface area (Å²) in [6, 6.07) is -4.69. The number of hydrogen-bond donors (Lipinski definition) is 15. The second kappa shape index (κ2) is 35.8. The van der Waals surface area contributed by atoms with Crippen LogP contribution < -0.4 is 10.6 Å². The Labute approximate surface area is 520 Å². The number of allylic oxidation sites excluding steroid dienone is 12. The van der Waals surface area contributed by atoms with Crippen LogP contribution >= 0.6 is 0 Å². The van der Waals surface area contributed by atoms with E-state index in [1.807, 2.05) is 0 Å². The molecule has 0 aliphatic carbocycles. The molecule has 3 fully saturated rings. The number of nitrogens with zero attached hydrogens (tertiary/aromatic N) is 1. The highest BCUT2D eigenvalue weighted by Crippen LogP contribution is 2.38. The molecule has 4 aliphatic heterocycles. The van der Waals surface area contributed by atoms with Crippen LogP contribution in [-0.2, 0) is 47.5 Å². The van der Waals surface area contributed by atoms with Gasteiger partial charge in [0.05, 0.1) is 86.5 Å². The van der Waals surface area contributed by atoms with Gasteiger partial charge in [0.15, 0.2) is 12.1 Å². The fraction of sp³-hybridized carbons (Fsp3) is 0.607. The van der Waals surface area contributed by atoms with Crippen LogP contribution in [0.1, 0.15) is 79.1 Å².